The molecule has 6 nitrogen and oxygen atoms in total. The van der Waals surface area contributed by atoms with Gasteiger partial charge in [0.15, 0.2) is 0 Å². The van der Waals surface area contributed by atoms with Crippen molar-refractivity contribution in [3.8, 4) is 11.3 Å². The Morgan fingerprint density at radius 2 is 2.18 bits per heavy atom. The van der Waals surface area contributed by atoms with Gasteiger partial charge in [0.2, 0.25) is 0 Å². The third kappa shape index (κ3) is 2.97. The zero-order valence-electron chi connectivity index (χ0n) is 15.2. The Morgan fingerprint density at radius 1 is 1.25 bits per heavy atom. The van der Waals surface area contributed by atoms with E-state index in [1.807, 2.05) is 46.8 Å². The first-order valence-corrected chi connectivity index (χ1v) is 10.3. The molecule has 4 aromatic rings. The highest BCUT2D eigenvalue weighted by atomic mass is 32.1. The van der Waals surface area contributed by atoms with E-state index in [1.165, 1.54) is 0 Å². The zero-order valence-corrected chi connectivity index (χ0v) is 16.0. The van der Waals surface area contributed by atoms with Gasteiger partial charge in [0.25, 0.3) is 5.91 Å². The summed E-state index contributed by atoms with van der Waals surface area (Å²) in [5.74, 6) is 0.0447. The predicted octanol–water partition coefficient (Wildman–Crippen LogP) is 4.45. The number of aromatic amines is 1. The summed E-state index contributed by atoms with van der Waals surface area (Å²) in [5.41, 5.74) is 3.12. The number of nitrogens with one attached hydrogen (secondary N) is 1. The number of para-hydroxylation sites is 1. The number of benzene rings is 1. The van der Waals surface area contributed by atoms with E-state index in [0.29, 0.717) is 5.56 Å². The van der Waals surface area contributed by atoms with E-state index < -0.39 is 0 Å². The molecule has 1 saturated heterocycles. The van der Waals surface area contributed by atoms with Crippen molar-refractivity contribution in [2.75, 3.05) is 6.54 Å². The summed E-state index contributed by atoms with van der Waals surface area (Å²) in [6.45, 7) is 0.751. The molecule has 7 heteroatoms. The van der Waals surface area contributed by atoms with Crippen molar-refractivity contribution in [1.82, 2.24) is 25.1 Å². The Morgan fingerprint density at radius 3 is 3.00 bits per heavy atom. The van der Waals surface area contributed by atoms with Gasteiger partial charge in [-0.15, -0.1) is 11.3 Å². The van der Waals surface area contributed by atoms with E-state index in [9.17, 15) is 4.79 Å². The number of carbonyl (C=O) groups excluding carboxylic acids is 1. The fourth-order valence-electron chi connectivity index (χ4n) is 3.88. The van der Waals surface area contributed by atoms with E-state index in [0.717, 1.165) is 53.0 Å². The molecule has 1 aliphatic rings. The second-order valence-corrected chi connectivity index (χ2v) is 7.87. The Kier molecular flexibility index (Phi) is 4.37. The van der Waals surface area contributed by atoms with Crippen LogP contribution in [-0.4, -0.2) is 37.5 Å². The molecule has 1 fully saturated rings. The number of likely N-dealkylation sites (tertiary alicyclic amines) is 1. The number of amides is 1. The highest BCUT2D eigenvalue weighted by Gasteiger charge is 2.31. The highest BCUT2D eigenvalue weighted by molar-refractivity contribution is 7.09. The summed E-state index contributed by atoms with van der Waals surface area (Å²) < 4.78 is 0. The van der Waals surface area contributed by atoms with Crippen molar-refractivity contribution in [3.05, 3.63) is 64.9 Å². The van der Waals surface area contributed by atoms with Crippen LogP contribution in [0.25, 0.3) is 22.2 Å². The van der Waals surface area contributed by atoms with Gasteiger partial charge in [-0.3, -0.25) is 9.89 Å². The van der Waals surface area contributed by atoms with Crippen LogP contribution in [-0.2, 0) is 0 Å². The maximum Gasteiger partial charge on any atom is 0.255 e. The van der Waals surface area contributed by atoms with Crippen molar-refractivity contribution in [2.24, 2.45) is 0 Å². The predicted molar refractivity (Wildman–Crippen MR) is 109 cm³/mol. The largest absolute Gasteiger partial charge is 0.329 e. The molecule has 0 aliphatic carbocycles. The quantitative estimate of drug-likeness (QED) is 0.562. The molecule has 4 heterocycles. The van der Waals surface area contributed by atoms with E-state index in [-0.39, 0.29) is 11.9 Å². The van der Waals surface area contributed by atoms with Crippen molar-refractivity contribution in [3.63, 3.8) is 0 Å². The van der Waals surface area contributed by atoms with Gasteiger partial charge in [0.05, 0.1) is 29.0 Å². The van der Waals surface area contributed by atoms with Crippen LogP contribution < -0.4 is 0 Å². The molecule has 1 aliphatic heterocycles. The van der Waals surface area contributed by atoms with Gasteiger partial charge >= 0.3 is 0 Å². The third-order valence-electron chi connectivity index (χ3n) is 5.24. The molecule has 3 aromatic heterocycles. The molecule has 0 bridgehead atoms. The summed E-state index contributed by atoms with van der Waals surface area (Å²) >= 11 is 1.62. The van der Waals surface area contributed by atoms with Crippen molar-refractivity contribution < 1.29 is 4.79 Å². The number of pyridine rings is 1. The molecule has 1 N–H and O–H groups in total. The SMILES string of the molecule is O=C(c1cc(-c2cn[nH]c2)nc2ccccc12)N1CCCC[C@H]1c1nccs1. The Balaban J connectivity index is 1.62. The maximum absolute atomic E-state index is 13.7. The third-order valence-corrected chi connectivity index (χ3v) is 6.12. The number of piperidine rings is 1. The first-order chi connectivity index (χ1) is 13.8. The second-order valence-electron chi connectivity index (χ2n) is 6.94. The molecule has 1 atom stereocenters. The number of H-pyrrole nitrogens is 1. The average molecular weight is 389 g/mol. The van der Waals surface area contributed by atoms with Gasteiger partial charge in [0.1, 0.15) is 5.01 Å². The van der Waals surface area contributed by atoms with Gasteiger partial charge in [-0.2, -0.15) is 5.10 Å². The van der Waals surface area contributed by atoms with Gasteiger partial charge in [0, 0.05) is 35.3 Å². The molecular formula is C21H19N5OS. The van der Waals surface area contributed by atoms with Crippen LogP contribution in [0.5, 0.6) is 0 Å². The highest BCUT2D eigenvalue weighted by Crippen LogP contribution is 2.34. The Labute approximate surface area is 166 Å². The number of carbonyl (C=O) groups is 1. The first-order valence-electron chi connectivity index (χ1n) is 9.40. The minimum atomic E-state index is 0.0447. The van der Waals surface area contributed by atoms with Crippen molar-refractivity contribution in [2.45, 2.75) is 25.3 Å². The van der Waals surface area contributed by atoms with Crippen LogP contribution >= 0.6 is 11.3 Å². The van der Waals surface area contributed by atoms with Crippen LogP contribution in [0.3, 0.4) is 0 Å². The number of hydrogen-bond donors (Lipinski definition) is 1. The Bertz CT molecular complexity index is 1110. The monoisotopic (exact) mass is 389 g/mol. The second kappa shape index (κ2) is 7.16. The average Bonchev–Trinajstić information content (AvgIpc) is 3.47. The molecule has 0 spiro atoms. The minimum Gasteiger partial charge on any atom is -0.329 e. The maximum atomic E-state index is 13.7. The topological polar surface area (TPSA) is 74.8 Å². The number of rotatable bonds is 3. The lowest BCUT2D eigenvalue weighted by atomic mass is 9.99. The van der Waals surface area contributed by atoms with Gasteiger partial charge < -0.3 is 4.90 Å². The molecular weight excluding hydrogens is 370 g/mol. The fourth-order valence-corrected chi connectivity index (χ4v) is 4.66. The lowest BCUT2D eigenvalue weighted by Crippen LogP contribution is -2.38. The van der Waals surface area contributed by atoms with E-state index in [1.54, 1.807) is 23.7 Å². The van der Waals surface area contributed by atoms with Crippen LogP contribution in [0.2, 0.25) is 0 Å². The minimum absolute atomic E-state index is 0.0447. The zero-order chi connectivity index (χ0) is 18.9. The molecule has 0 radical (unpaired) electrons. The van der Waals surface area contributed by atoms with Gasteiger partial charge in [-0.05, 0) is 31.4 Å². The number of hydrogen-bond acceptors (Lipinski definition) is 5. The summed E-state index contributed by atoms with van der Waals surface area (Å²) in [5, 5.41) is 10.7. The number of nitrogens with zero attached hydrogens (tertiary/aromatic N) is 4. The molecule has 1 aromatic carbocycles. The smallest absolute Gasteiger partial charge is 0.255 e. The summed E-state index contributed by atoms with van der Waals surface area (Å²) in [4.78, 5) is 24.9. The molecule has 0 unspecified atom stereocenters. The summed E-state index contributed by atoms with van der Waals surface area (Å²) in [6, 6.07) is 9.75. The Hall–Kier alpha value is -3.06. The molecule has 140 valence electrons. The van der Waals surface area contributed by atoms with Crippen molar-refractivity contribution >= 4 is 28.1 Å². The van der Waals surface area contributed by atoms with E-state index >= 15 is 0 Å². The molecule has 1 amide bonds. The molecule has 28 heavy (non-hydrogen) atoms. The van der Waals surface area contributed by atoms with Crippen LogP contribution in [0.4, 0.5) is 0 Å². The van der Waals surface area contributed by atoms with Gasteiger partial charge in [-0.1, -0.05) is 18.2 Å². The number of aromatic nitrogens is 4. The summed E-state index contributed by atoms with van der Waals surface area (Å²) in [6.07, 6.45) is 8.43. The molecule has 5 rings (SSSR count). The number of thiazole rings is 1. The molecule has 0 saturated carbocycles. The lowest BCUT2D eigenvalue weighted by Gasteiger charge is -2.35. The summed E-state index contributed by atoms with van der Waals surface area (Å²) in [7, 11) is 0. The van der Waals surface area contributed by atoms with Crippen LogP contribution in [0, 0.1) is 0 Å². The van der Waals surface area contributed by atoms with Crippen molar-refractivity contribution in [1.29, 1.82) is 0 Å². The standard InChI is InChI=1S/C21H19N5OS/c27-21(26-9-4-3-7-19(26)20-22-8-10-28-20)16-11-18(14-12-23-24-13-14)25-17-6-2-1-5-15(16)17/h1-2,5-6,8,10-13,19H,3-4,7,9H2,(H,23,24)/t19-/m0/s1. The van der Waals surface area contributed by atoms with E-state index in [4.69, 9.17) is 4.98 Å². The number of fused-ring (bicyclic) bond motifs is 1. The normalized spacial score (nSPS) is 17.1. The fraction of sp³-hybridized carbons (Fsp3) is 0.238. The van der Waals surface area contributed by atoms with Crippen LogP contribution in [0.15, 0.2) is 54.3 Å². The van der Waals surface area contributed by atoms with E-state index in [2.05, 4.69) is 15.2 Å². The lowest BCUT2D eigenvalue weighted by molar-refractivity contribution is 0.0613. The van der Waals surface area contributed by atoms with Gasteiger partial charge in [-0.25, -0.2) is 9.97 Å². The van der Waals surface area contributed by atoms with Crippen LogP contribution in [0.1, 0.15) is 40.7 Å². The first kappa shape index (κ1) is 17.1.